The SMILES string of the molecule is CCNc1nsnc1C(C)C. The molecule has 0 radical (unpaired) electrons. The van der Waals surface area contributed by atoms with Gasteiger partial charge in [0.25, 0.3) is 0 Å². The molecule has 1 heterocycles. The van der Waals surface area contributed by atoms with Crippen molar-refractivity contribution < 1.29 is 0 Å². The van der Waals surface area contributed by atoms with Crippen molar-refractivity contribution >= 4 is 17.5 Å². The van der Waals surface area contributed by atoms with E-state index in [4.69, 9.17) is 0 Å². The monoisotopic (exact) mass is 171 g/mol. The van der Waals surface area contributed by atoms with Gasteiger partial charge in [-0.15, -0.1) is 0 Å². The summed E-state index contributed by atoms with van der Waals surface area (Å²) in [4.78, 5) is 0. The molecule has 0 amide bonds. The van der Waals surface area contributed by atoms with Gasteiger partial charge in [-0.2, -0.15) is 8.75 Å². The van der Waals surface area contributed by atoms with E-state index in [1.807, 2.05) is 0 Å². The van der Waals surface area contributed by atoms with Crippen molar-refractivity contribution in [1.82, 2.24) is 8.75 Å². The summed E-state index contributed by atoms with van der Waals surface area (Å²) in [5.74, 6) is 1.41. The van der Waals surface area contributed by atoms with Crippen molar-refractivity contribution in [2.45, 2.75) is 26.7 Å². The maximum atomic E-state index is 4.20. The van der Waals surface area contributed by atoms with Crippen LogP contribution in [0.4, 0.5) is 5.82 Å². The van der Waals surface area contributed by atoms with Crippen molar-refractivity contribution in [3.8, 4) is 0 Å². The highest BCUT2D eigenvalue weighted by Gasteiger charge is 2.09. The third kappa shape index (κ3) is 1.89. The predicted molar refractivity (Wildman–Crippen MR) is 48.2 cm³/mol. The molecule has 0 unspecified atom stereocenters. The topological polar surface area (TPSA) is 37.8 Å². The van der Waals surface area contributed by atoms with Gasteiger partial charge >= 0.3 is 0 Å². The summed E-state index contributed by atoms with van der Waals surface area (Å²) in [6.45, 7) is 7.21. The fourth-order valence-corrected chi connectivity index (χ4v) is 1.53. The van der Waals surface area contributed by atoms with E-state index in [1.165, 1.54) is 11.7 Å². The lowest BCUT2D eigenvalue weighted by atomic mass is 10.1. The second-order valence-corrected chi connectivity index (χ2v) is 3.21. The fourth-order valence-electron chi connectivity index (χ4n) is 0.864. The zero-order valence-corrected chi connectivity index (χ0v) is 7.90. The van der Waals surface area contributed by atoms with E-state index in [9.17, 15) is 0 Å². The molecule has 1 N–H and O–H groups in total. The molecule has 0 aliphatic rings. The molecule has 3 nitrogen and oxygen atoms in total. The van der Waals surface area contributed by atoms with Crippen LogP contribution in [-0.2, 0) is 0 Å². The van der Waals surface area contributed by atoms with E-state index in [0.717, 1.165) is 18.1 Å². The van der Waals surface area contributed by atoms with E-state index < -0.39 is 0 Å². The normalized spacial score (nSPS) is 10.5. The molecule has 4 heteroatoms. The quantitative estimate of drug-likeness (QED) is 0.756. The molecule has 1 aromatic rings. The zero-order chi connectivity index (χ0) is 8.27. The van der Waals surface area contributed by atoms with Gasteiger partial charge in [-0.05, 0) is 6.92 Å². The second-order valence-electron chi connectivity index (χ2n) is 2.68. The Labute approximate surface area is 71.2 Å². The number of aromatic nitrogens is 2. The largest absolute Gasteiger partial charge is 0.368 e. The first-order chi connectivity index (χ1) is 5.25. The molecule has 62 valence electrons. The summed E-state index contributed by atoms with van der Waals surface area (Å²) in [6, 6.07) is 0. The lowest BCUT2D eigenvalue weighted by Gasteiger charge is -2.03. The van der Waals surface area contributed by atoms with Gasteiger partial charge in [0.15, 0.2) is 5.82 Å². The highest BCUT2D eigenvalue weighted by atomic mass is 32.1. The summed E-state index contributed by atoms with van der Waals surface area (Å²) in [5, 5.41) is 3.17. The molecule has 11 heavy (non-hydrogen) atoms. The van der Waals surface area contributed by atoms with Crippen molar-refractivity contribution in [3.05, 3.63) is 5.69 Å². The fraction of sp³-hybridized carbons (Fsp3) is 0.714. The molecule has 0 spiro atoms. The zero-order valence-electron chi connectivity index (χ0n) is 7.09. The molecule has 1 aromatic heterocycles. The van der Waals surface area contributed by atoms with Crippen LogP contribution in [0.15, 0.2) is 0 Å². The van der Waals surface area contributed by atoms with Crippen LogP contribution in [-0.4, -0.2) is 15.3 Å². The Hall–Kier alpha value is -0.640. The maximum absolute atomic E-state index is 4.20. The van der Waals surface area contributed by atoms with Gasteiger partial charge in [-0.1, -0.05) is 13.8 Å². The van der Waals surface area contributed by atoms with Crippen LogP contribution in [0.1, 0.15) is 32.4 Å². The molecule has 0 aliphatic carbocycles. The molecular weight excluding hydrogens is 158 g/mol. The van der Waals surface area contributed by atoms with Crippen LogP contribution in [0.2, 0.25) is 0 Å². The summed E-state index contributed by atoms with van der Waals surface area (Å²) < 4.78 is 8.35. The lowest BCUT2D eigenvalue weighted by Crippen LogP contribution is -2.01. The second kappa shape index (κ2) is 3.67. The van der Waals surface area contributed by atoms with Crippen molar-refractivity contribution in [2.75, 3.05) is 11.9 Å². The van der Waals surface area contributed by atoms with Gasteiger partial charge in [0.2, 0.25) is 0 Å². The van der Waals surface area contributed by atoms with Crippen molar-refractivity contribution in [3.63, 3.8) is 0 Å². The molecule has 1 rings (SSSR count). The Morgan fingerprint density at radius 2 is 2.18 bits per heavy atom. The third-order valence-corrected chi connectivity index (χ3v) is 1.95. The maximum Gasteiger partial charge on any atom is 0.163 e. The average Bonchev–Trinajstić information content (AvgIpc) is 2.36. The number of anilines is 1. The van der Waals surface area contributed by atoms with E-state index in [2.05, 4.69) is 34.8 Å². The number of hydrogen-bond acceptors (Lipinski definition) is 4. The minimum absolute atomic E-state index is 0.461. The van der Waals surface area contributed by atoms with Crippen LogP contribution in [0.25, 0.3) is 0 Å². The summed E-state index contributed by atoms with van der Waals surface area (Å²) in [5.41, 5.74) is 1.08. The average molecular weight is 171 g/mol. The molecule has 0 aromatic carbocycles. The minimum Gasteiger partial charge on any atom is -0.368 e. The van der Waals surface area contributed by atoms with Gasteiger partial charge in [0.05, 0.1) is 11.7 Å². The van der Waals surface area contributed by atoms with Gasteiger partial charge in [-0.25, -0.2) is 0 Å². The predicted octanol–water partition coefficient (Wildman–Crippen LogP) is 2.09. The van der Waals surface area contributed by atoms with Crippen LogP contribution in [0.5, 0.6) is 0 Å². The molecule has 0 saturated carbocycles. The van der Waals surface area contributed by atoms with Gasteiger partial charge in [0, 0.05) is 12.5 Å². The van der Waals surface area contributed by atoms with E-state index in [-0.39, 0.29) is 0 Å². The van der Waals surface area contributed by atoms with E-state index in [0.29, 0.717) is 5.92 Å². The molecule has 0 atom stereocenters. The Morgan fingerprint density at radius 1 is 1.45 bits per heavy atom. The summed E-state index contributed by atoms with van der Waals surface area (Å²) >= 11 is 1.27. The molecular formula is C7H13N3S. The number of nitrogens with one attached hydrogen (secondary N) is 1. The third-order valence-electron chi connectivity index (χ3n) is 1.41. The van der Waals surface area contributed by atoms with E-state index in [1.54, 1.807) is 0 Å². The first-order valence-electron chi connectivity index (χ1n) is 3.82. The number of rotatable bonds is 3. The van der Waals surface area contributed by atoms with Crippen LogP contribution < -0.4 is 5.32 Å². The van der Waals surface area contributed by atoms with Crippen molar-refractivity contribution in [1.29, 1.82) is 0 Å². The first-order valence-corrected chi connectivity index (χ1v) is 4.55. The van der Waals surface area contributed by atoms with Crippen molar-refractivity contribution in [2.24, 2.45) is 0 Å². The van der Waals surface area contributed by atoms with Crippen LogP contribution in [0.3, 0.4) is 0 Å². The first kappa shape index (κ1) is 8.46. The summed E-state index contributed by atoms with van der Waals surface area (Å²) in [7, 11) is 0. The standard InChI is InChI=1S/C7H13N3S/c1-4-8-7-6(5(2)3)9-11-10-7/h5H,4H2,1-3H3,(H,8,10). The van der Waals surface area contributed by atoms with E-state index >= 15 is 0 Å². The molecule has 0 saturated heterocycles. The van der Waals surface area contributed by atoms with Gasteiger partial charge in [0.1, 0.15) is 5.69 Å². The number of hydrogen-bond donors (Lipinski definition) is 1. The minimum atomic E-state index is 0.461. The summed E-state index contributed by atoms with van der Waals surface area (Å²) in [6.07, 6.45) is 0. The Morgan fingerprint density at radius 3 is 2.73 bits per heavy atom. The highest BCUT2D eigenvalue weighted by Crippen LogP contribution is 2.20. The smallest absolute Gasteiger partial charge is 0.163 e. The lowest BCUT2D eigenvalue weighted by molar-refractivity contribution is 0.838. The van der Waals surface area contributed by atoms with Gasteiger partial charge < -0.3 is 5.32 Å². The van der Waals surface area contributed by atoms with Crippen LogP contribution >= 0.6 is 11.7 Å². The van der Waals surface area contributed by atoms with Crippen LogP contribution in [0, 0.1) is 0 Å². The molecule has 0 fully saturated rings. The Kier molecular flexibility index (Phi) is 2.82. The highest BCUT2D eigenvalue weighted by molar-refractivity contribution is 6.99. The Bertz CT molecular complexity index is 219. The molecule has 0 bridgehead atoms. The van der Waals surface area contributed by atoms with Gasteiger partial charge in [-0.3, -0.25) is 0 Å². The Balaban J connectivity index is 2.78. The number of nitrogens with zero attached hydrogens (tertiary/aromatic N) is 2. The molecule has 0 aliphatic heterocycles.